The van der Waals surface area contributed by atoms with E-state index in [9.17, 15) is 9.90 Å². The van der Waals surface area contributed by atoms with E-state index in [1.807, 2.05) is 25.1 Å². The molecule has 1 atom stereocenters. The van der Waals surface area contributed by atoms with Crippen molar-refractivity contribution in [3.8, 4) is 0 Å². The first-order valence-corrected chi connectivity index (χ1v) is 7.59. The fraction of sp³-hybridized carbons (Fsp3) is 0.333. The molecule has 118 valence electrons. The summed E-state index contributed by atoms with van der Waals surface area (Å²) in [5, 5.41) is 25.4. The van der Waals surface area contributed by atoms with Crippen molar-refractivity contribution in [1.82, 2.24) is 9.78 Å². The lowest BCUT2D eigenvalue weighted by Crippen LogP contribution is -2.21. The fourth-order valence-corrected chi connectivity index (χ4v) is 2.67. The summed E-state index contributed by atoms with van der Waals surface area (Å²) in [6.07, 6.45) is 0.791. The highest BCUT2D eigenvalue weighted by Gasteiger charge is 2.19. The molecule has 0 spiro atoms. The van der Waals surface area contributed by atoms with Crippen LogP contribution < -0.4 is 5.32 Å². The molecule has 0 bridgehead atoms. The molecule has 0 aliphatic rings. The van der Waals surface area contributed by atoms with Crippen molar-refractivity contribution in [2.75, 3.05) is 11.9 Å². The Kier molecular flexibility index (Phi) is 5.33. The summed E-state index contributed by atoms with van der Waals surface area (Å²) in [4.78, 5) is 12.5. The monoisotopic (exact) mass is 367 g/mol. The molecular formula is C15H18BrN3O3. The molecule has 0 aliphatic carbocycles. The minimum atomic E-state index is -0.912. The summed E-state index contributed by atoms with van der Waals surface area (Å²) in [7, 11) is 1.66. The van der Waals surface area contributed by atoms with Crippen LogP contribution in [-0.2, 0) is 13.5 Å². The number of anilines is 1. The summed E-state index contributed by atoms with van der Waals surface area (Å²) < 4.78 is 2.40. The van der Waals surface area contributed by atoms with E-state index in [1.165, 1.54) is 10.9 Å². The fourth-order valence-electron chi connectivity index (χ4n) is 2.19. The summed E-state index contributed by atoms with van der Waals surface area (Å²) in [6.45, 7) is 1.54. The van der Waals surface area contributed by atoms with Gasteiger partial charge in [0, 0.05) is 29.2 Å². The van der Waals surface area contributed by atoms with Gasteiger partial charge >= 0.3 is 0 Å². The minimum Gasteiger partial charge on any atom is -0.394 e. The van der Waals surface area contributed by atoms with Crippen LogP contribution in [0, 0.1) is 6.92 Å². The molecule has 2 aromatic rings. The van der Waals surface area contributed by atoms with E-state index in [0.29, 0.717) is 16.9 Å². The van der Waals surface area contributed by atoms with E-state index in [1.54, 1.807) is 7.05 Å². The molecule has 22 heavy (non-hydrogen) atoms. The Balaban J connectivity index is 2.24. The molecule has 1 heterocycles. The first-order valence-electron chi connectivity index (χ1n) is 6.79. The Morgan fingerprint density at radius 2 is 2.23 bits per heavy atom. The molecule has 0 saturated heterocycles. The molecule has 2 rings (SSSR count). The average molecular weight is 368 g/mol. The predicted octanol–water partition coefficient (Wildman–Crippen LogP) is 1.64. The maximum absolute atomic E-state index is 12.5. The summed E-state index contributed by atoms with van der Waals surface area (Å²) in [5.74, 6) is -0.300. The number of aryl methyl sites for hydroxylation is 2. The number of halogens is 1. The molecule has 0 fully saturated rings. The van der Waals surface area contributed by atoms with Gasteiger partial charge in [0.25, 0.3) is 5.91 Å². The zero-order chi connectivity index (χ0) is 16.3. The Bertz CT molecular complexity index is 685. The Labute approximate surface area is 136 Å². The quantitative estimate of drug-likeness (QED) is 0.749. The standard InChI is InChI=1S/C15H18BrN3O3/c1-9-5-11(16)3-4-13(9)18-15(22)14-10(6-12(21)8-20)7-17-19(14)2/h3-5,7,12,20-21H,6,8H2,1-2H3,(H,18,22). The largest absolute Gasteiger partial charge is 0.394 e. The van der Waals surface area contributed by atoms with Gasteiger partial charge in [0.05, 0.1) is 18.9 Å². The molecule has 1 amide bonds. The van der Waals surface area contributed by atoms with Crippen LogP contribution in [0.15, 0.2) is 28.9 Å². The molecule has 0 radical (unpaired) electrons. The van der Waals surface area contributed by atoms with Crippen molar-refractivity contribution >= 4 is 27.5 Å². The molecule has 1 aromatic heterocycles. The molecule has 3 N–H and O–H groups in total. The van der Waals surface area contributed by atoms with Crippen LogP contribution >= 0.6 is 15.9 Å². The number of nitrogens with one attached hydrogen (secondary N) is 1. The van der Waals surface area contributed by atoms with Crippen LogP contribution in [0.3, 0.4) is 0 Å². The third-order valence-electron chi connectivity index (χ3n) is 3.33. The number of benzene rings is 1. The van der Waals surface area contributed by atoms with Gasteiger partial charge in [0.1, 0.15) is 5.69 Å². The van der Waals surface area contributed by atoms with Crippen LogP contribution in [0.1, 0.15) is 21.6 Å². The van der Waals surface area contributed by atoms with Crippen molar-refractivity contribution in [3.63, 3.8) is 0 Å². The first-order chi connectivity index (χ1) is 10.4. The summed E-state index contributed by atoms with van der Waals surface area (Å²) in [5.41, 5.74) is 2.61. The van der Waals surface area contributed by atoms with Gasteiger partial charge in [-0.2, -0.15) is 5.10 Å². The number of hydrogen-bond donors (Lipinski definition) is 3. The lowest BCUT2D eigenvalue weighted by Gasteiger charge is -2.11. The maximum atomic E-state index is 12.5. The smallest absolute Gasteiger partial charge is 0.274 e. The van der Waals surface area contributed by atoms with Crippen molar-refractivity contribution in [2.24, 2.45) is 7.05 Å². The van der Waals surface area contributed by atoms with E-state index in [0.717, 1.165) is 10.0 Å². The van der Waals surface area contributed by atoms with Crippen LogP contribution in [-0.4, -0.2) is 38.6 Å². The summed E-state index contributed by atoms with van der Waals surface area (Å²) in [6, 6.07) is 5.58. The molecule has 0 aliphatic heterocycles. The highest BCUT2D eigenvalue weighted by atomic mass is 79.9. The number of aromatic nitrogens is 2. The molecule has 7 heteroatoms. The number of aliphatic hydroxyl groups is 2. The number of amides is 1. The van der Waals surface area contributed by atoms with Gasteiger partial charge in [-0.1, -0.05) is 15.9 Å². The number of rotatable bonds is 5. The van der Waals surface area contributed by atoms with E-state index in [4.69, 9.17) is 5.11 Å². The predicted molar refractivity (Wildman–Crippen MR) is 86.8 cm³/mol. The van der Waals surface area contributed by atoms with Crippen LogP contribution in [0.2, 0.25) is 0 Å². The van der Waals surface area contributed by atoms with Crippen molar-refractivity contribution in [3.05, 3.63) is 45.7 Å². The summed E-state index contributed by atoms with van der Waals surface area (Å²) >= 11 is 3.38. The Hall–Kier alpha value is -1.70. The number of aliphatic hydroxyl groups excluding tert-OH is 2. The highest BCUT2D eigenvalue weighted by molar-refractivity contribution is 9.10. The zero-order valence-electron chi connectivity index (χ0n) is 12.4. The number of hydrogen-bond acceptors (Lipinski definition) is 4. The van der Waals surface area contributed by atoms with E-state index < -0.39 is 6.10 Å². The molecule has 0 saturated carbocycles. The second-order valence-corrected chi connectivity index (χ2v) is 6.01. The van der Waals surface area contributed by atoms with E-state index in [-0.39, 0.29) is 18.9 Å². The first kappa shape index (κ1) is 16.7. The average Bonchev–Trinajstić information content (AvgIpc) is 2.82. The van der Waals surface area contributed by atoms with Crippen molar-refractivity contribution < 1.29 is 15.0 Å². The Morgan fingerprint density at radius 3 is 2.86 bits per heavy atom. The van der Waals surface area contributed by atoms with Gasteiger partial charge < -0.3 is 15.5 Å². The van der Waals surface area contributed by atoms with Crippen LogP contribution in [0.5, 0.6) is 0 Å². The SMILES string of the molecule is Cc1cc(Br)ccc1NC(=O)c1c(CC(O)CO)cnn1C. The zero-order valence-corrected chi connectivity index (χ0v) is 14.0. The van der Waals surface area contributed by atoms with Gasteiger partial charge in [0.15, 0.2) is 0 Å². The lowest BCUT2D eigenvalue weighted by molar-refractivity contribution is 0.0942. The van der Waals surface area contributed by atoms with Gasteiger partial charge in [-0.3, -0.25) is 9.48 Å². The van der Waals surface area contributed by atoms with Crippen molar-refractivity contribution in [1.29, 1.82) is 0 Å². The minimum absolute atomic E-state index is 0.173. The van der Waals surface area contributed by atoms with Crippen molar-refractivity contribution in [2.45, 2.75) is 19.4 Å². The van der Waals surface area contributed by atoms with E-state index >= 15 is 0 Å². The van der Waals surface area contributed by atoms with Gasteiger partial charge in [-0.15, -0.1) is 0 Å². The van der Waals surface area contributed by atoms with Gasteiger partial charge in [0.2, 0.25) is 0 Å². The van der Waals surface area contributed by atoms with Crippen LogP contribution in [0.4, 0.5) is 5.69 Å². The normalized spacial score (nSPS) is 12.2. The highest BCUT2D eigenvalue weighted by Crippen LogP contribution is 2.21. The number of nitrogens with zero attached hydrogens (tertiary/aromatic N) is 2. The lowest BCUT2D eigenvalue weighted by atomic mass is 10.1. The second-order valence-electron chi connectivity index (χ2n) is 5.10. The molecule has 6 nitrogen and oxygen atoms in total. The van der Waals surface area contributed by atoms with Crippen LogP contribution in [0.25, 0.3) is 0 Å². The number of carbonyl (C=O) groups excluding carboxylic acids is 1. The second kappa shape index (κ2) is 7.04. The number of carbonyl (C=O) groups is 1. The third kappa shape index (κ3) is 3.73. The molecule has 1 unspecified atom stereocenters. The third-order valence-corrected chi connectivity index (χ3v) is 3.83. The molecule has 1 aromatic carbocycles. The van der Waals surface area contributed by atoms with Gasteiger partial charge in [-0.25, -0.2) is 0 Å². The van der Waals surface area contributed by atoms with E-state index in [2.05, 4.69) is 26.3 Å². The van der Waals surface area contributed by atoms with Gasteiger partial charge in [-0.05, 0) is 30.7 Å². The maximum Gasteiger partial charge on any atom is 0.274 e. The Morgan fingerprint density at radius 1 is 1.50 bits per heavy atom. The molecular weight excluding hydrogens is 350 g/mol. The topological polar surface area (TPSA) is 87.4 Å².